The smallest absolute Gasteiger partial charge is 0.410 e. The monoisotopic (exact) mass is 335 g/mol. The van der Waals surface area contributed by atoms with Crippen LogP contribution in [-0.4, -0.2) is 50.5 Å². The van der Waals surface area contributed by atoms with Gasteiger partial charge in [0.2, 0.25) is 11.8 Å². The van der Waals surface area contributed by atoms with E-state index in [-0.39, 0.29) is 30.2 Å². The minimum absolute atomic E-state index is 0.0106. The Morgan fingerprint density at radius 1 is 1.21 bits per heavy atom. The molecule has 0 radical (unpaired) electrons. The maximum absolute atomic E-state index is 12.4. The Kier molecular flexibility index (Phi) is 4.27. The summed E-state index contributed by atoms with van der Waals surface area (Å²) in [6.07, 6.45) is 4.87. The van der Waals surface area contributed by atoms with Crippen molar-refractivity contribution in [2.45, 2.75) is 77.2 Å². The molecule has 1 aromatic heterocycles. The van der Waals surface area contributed by atoms with Gasteiger partial charge in [-0.25, -0.2) is 9.48 Å². The zero-order chi connectivity index (χ0) is 17.5. The fourth-order valence-corrected chi connectivity index (χ4v) is 3.55. The molecular formula is C17H25N3O4. The Morgan fingerprint density at radius 2 is 1.83 bits per heavy atom. The molecule has 0 spiro atoms. The van der Waals surface area contributed by atoms with Crippen LogP contribution in [0.25, 0.3) is 0 Å². The molecule has 3 rings (SSSR count). The second-order valence-corrected chi connectivity index (χ2v) is 7.60. The minimum Gasteiger partial charge on any atom is -0.473 e. The van der Waals surface area contributed by atoms with Gasteiger partial charge in [0, 0.05) is 44.1 Å². The van der Waals surface area contributed by atoms with Gasteiger partial charge in [-0.15, -0.1) is 5.10 Å². The fourth-order valence-electron chi connectivity index (χ4n) is 3.55. The summed E-state index contributed by atoms with van der Waals surface area (Å²) in [6, 6.07) is 2.00. The van der Waals surface area contributed by atoms with Crippen LogP contribution in [0.2, 0.25) is 0 Å². The average Bonchev–Trinajstić information content (AvgIpc) is 3.00. The predicted molar refractivity (Wildman–Crippen MR) is 87.1 cm³/mol. The summed E-state index contributed by atoms with van der Waals surface area (Å²) in [5.74, 6) is 0.310. The molecular weight excluding hydrogens is 310 g/mol. The molecule has 2 bridgehead atoms. The van der Waals surface area contributed by atoms with Gasteiger partial charge in [0.15, 0.2) is 0 Å². The van der Waals surface area contributed by atoms with Gasteiger partial charge >= 0.3 is 6.09 Å². The number of aromatic nitrogens is 2. The Hall–Kier alpha value is -2.05. The van der Waals surface area contributed by atoms with E-state index in [1.807, 2.05) is 25.7 Å². The Bertz CT molecular complexity index is 620. The molecule has 0 N–H and O–H groups in total. The number of fused-ring (bicyclic) bond motifs is 2. The van der Waals surface area contributed by atoms with E-state index < -0.39 is 5.60 Å². The van der Waals surface area contributed by atoms with Crippen molar-refractivity contribution in [3.05, 3.63) is 12.3 Å². The summed E-state index contributed by atoms with van der Waals surface area (Å²) < 4.78 is 12.7. The van der Waals surface area contributed by atoms with E-state index in [0.717, 1.165) is 25.7 Å². The summed E-state index contributed by atoms with van der Waals surface area (Å²) in [7, 11) is 0. The third-order valence-electron chi connectivity index (χ3n) is 4.47. The predicted octanol–water partition coefficient (Wildman–Crippen LogP) is 2.85. The normalized spacial score (nSPS) is 26.3. The quantitative estimate of drug-likeness (QED) is 0.831. The number of nitrogens with zero attached hydrogens (tertiary/aromatic N) is 3. The van der Waals surface area contributed by atoms with Crippen LogP contribution in [0.4, 0.5) is 4.79 Å². The first-order chi connectivity index (χ1) is 11.2. The van der Waals surface area contributed by atoms with E-state index >= 15 is 0 Å². The molecule has 0 aromatic carbocycles. The van der Waals surface area contributed by atoms with Crippen LogP contribution < -0.4 is 4.74 Å². The highest BCUT2D eigenvalue weighted by Gasteiger charge is 2.45. The molecule has 2 fully saturated rings. The van der Waals surface area contributed by atoms with Gasteiger partial charge < -0.3 is 14.4 Å². The van der Waals surface area contributed by atoms with Crippen molar-refractivity contribution in [1.82, 2.24) is 14.7 Å². The molecule has 7 nitrogen and oxygen atoms in total. The van der Waals surface area contributed by atoms with E-state index in [2.05, 4.69) is 5.10 Å². The van der Waals surface area contributed by atoms with Gasteiger partial charge in [0.1, 0.15) is 11.7 Å². The summed E-state index contributed by atoms with van der Waals surface area (Å²) in [6.45, 7) is 7.10. The molecule has 1 aromatic rings. The summed E-state index contributed by atoms with van der Waals surface area (Å²) >= 11 is 0. The molecule has 3 heterocycles. The number of rotatable bonds is 2. The summed E-state index contributed by atoms with van der Waals surface area (Å²) in [5, 5.41) is 4.12. The molecule has 0 saturated carbocycles. The SMILES string of the molecule is CC(=O)n1ccc(OC2C[C@H]3CC[C@@H](C2)N3C(=O)OC(C)(C)C)n1. The highest BCUT2D eigenvalue weighted by atomic mass is 16.6. The van der Waals surface area contributed by atoms with Gasteiger partial charge in [-0.3, -0.25) is 4.79 Å². The van der Waals surface area contributed by atoms with E-state index in [1.54, 1.807) is 12.3 Å². The lowest BCUT2D eigenvalue weighted by atomic mass is 10.0. The van der Waals surface area contributed by atoms with E-state index in [4.69, 9.17) is 9.47 Å². The van der Waals surface area contributed by atoms with Crippen LogP contribution >= 0.6 is 0 Å². The third-order valence-corrected chi connectivity index (χ3v) is 4.47. The largest absolute Gasteiger partial charge is 0.473 e. The van der Waals surface area contributed by atoms with Gasteiger partial charge in [-0.1, -0.05) is 0 Å². The van der Waals surface area contributed by atoms with Crippen LogP contribution in [0, 0.1) is 0 Å². The second kappa shape index (κ2) is 6.11. The third kappa shape index (κ3) is 3.55. The maximum atomic E-state index is 12.4. The highest BCUT2D eigenvalue weighted by Crippen LogP contribution is 2.38. The first kappa shape index (κ1) is 16.8. The average molecular weight is 335 g/mol. The first-order valence-corrected chi connectivity index (χ1v) is 8.47. The number of carbonyl (C=O) groups excluding carboxylic acids is 2. The van der Waals surface area contributed by atoms with E-state index in [1.165, 1.54) is 11.6 Å². The maximum Gasteiger partial charge on any atom is 0.410 e. The summed E-state index contributed by atoms with van der Waals surface area (Å²) in [5.41, 5.74) is -0.483. The number of ether oxygens (including phenoxy) is 2. The Balaban J connectivity index is 1.62. The molecule has 24 heavy (non-hydrogen) atoms. The van der Waals surface area contributed by atoms with E-state index in [0.29, 0.717) is 5.88 Å². The fraction of sp³-hybridized carbons (Fsp3) is 0.706. The zero-order valence-corrected chi connectivity index (χ0v) is 14.7. The first-order valence-electron chi connectivity index (χ1n) is 8.47. The number of hydrogen-bond donors (Lipinski definition) is 0. The topological polar surface area (TPSA) is 73.7 Å². The van der Waals surface area contributed by atoms with Crippen LogP contribution in [0.15, 0.2) is 12.3 Å². The summed E-state index contributed by atoms with van der Waals surface area (Å²) in [4.78, 5) is 25.6. The lowest BCUT2D eigenvalue weighted by molar-refractivity contribution is -0.00770. The van der Waals surface area contributed by atoms with Crippen LogP contribution in [0.3, 0.4) is 0 Å². The standard InChI is InChI=1S/C17H25N3O4/c1-11(21)19-8-7-15(18-19)23-14-9-12-5-6-13(10-14)20(12)16(22)24-17(2,3)4/h7-8,12-14H,5-6,9-10H2,1-4H3/t12-,13+,14?. The van der Waals surface area contributed by atoms with Crippen molar-refractivity contribution in [3.8, 4) is 5.88 Å². The lowest BCUT2D eigenvalue weighted by Gasteiger charge is -2.39. The Morgan fingerprint density at radius 3 is 2.33 bits per heavy atom. The van der Waals surface area contributed by atoms with Crippen molar-refractivity contribution in [2.24, 2.45) is 0 Å². The Labute approximate surface area is 141 Å². The van der Waals surface area contributed by atoms with Crippen molar-refractivity contribution >= 4 is 12.0 Å². The molecule has 1 amide bonds. The second-order valence-electron chi connectivity index (χ2n) is 7.60. The number of piperidine rings is 1. The van der Waals surface area contributed by atoms with Crippen LogP contribution in [0.5, 0.6) is 5.88 Å². The molecule has 3 atom stereocenters. The zero-order valence-electron chi connectivity index (χ0n) is 14.7. The molecule has 2 aliphatic rings. The molecule has 0 aliphatic carbocycles. The van der Waals surface area contributed by atoms with Crippen LogP contribution in [0.1, 0.15) is 58.2 Å². The van der Waals surface area contributed by atoms with E-state index in [9.17, 15) is 9.59 Å². The van der Waals surface area contributed by atoms with Gasteiger partial charge in [0.05, 0.1) is 0 Å². The van der Waals surface area contributed by atoms with Crippen molar-refractivity contribution in [3.63, 3.8) is 0 Å². The van der Waals surface area contributed by atoms with Gasteiger partial charge in [-0.05, 0) is 33.6 Å². The highest BCUT2D eigenvalue weighted by molar-refractivity contribution is 5.75. The number of hydrogen-bond acceptors (Lipinski definition) is 5. The van der Waals surface area contributed by atoms with Crippen LogP contribution in [-0.2, 0) is 4.74 Å². The molecule has 1 unspecified atom stereocenters. The van der Waals surface area contributed by atoms with Gasteiger partial charge in [0.25, 0.3) is 0 Å². The number of carbonyl (C=O) groups is 2. The molecule has 132 valence electrons. The van der Waals surface area contributed by atoms with Crippen molar-refractivity contribution in [1.29, 1.82) is 0 Å². The molecule has 2 saturated heterocycles. The molecule has 2 aliphatic heterocycles. The van der Waals surface area contributed by atoms with Gasteiger partial charge in [-0.2, -0.15) is 0 Å². The van der Waals surface area contributed by atoms with Crippen molar-refractivity contribution < 1.29 is 19.1 Å². The lowest BCUT2D eigenvalue weighted by Crippen LogP contribution is -2.50. The van der Waals surface area contributed by atoms with Crippen molar-refractivity contribution in [2.75, 3.05) is 0 Å². The molecule has 7 heteroatoms. The number of amides is 1. The minimum atomic E-state index is -0.483.